The third-order valence-electron chi connectivity index (χ3n) is 3.29. The molecule has 0 bridgehead atoms. The lowest BCUT2D eigenvalue weighted by molar-refractivity contribution is 0.858. The van der Waals surface area contributed by atoms with Crippen LogP contribution in [-0.2, 0) is 0 Å². The van der Waals surface area contributed by atoms with Crippen molar-refractivity contribution in [3.63, 3.8) is 0 Å². The second kappa shape index (κ2) is 6.25. The van der Waals surface area contributed by atoms with Crippen LogP contribution in [-0.4, -0.2) is 0 Å². The number of anilines is 1. The Morgan fingerprint density at radius 3 is 2.26 bits per heavy atom. The van der Waals surface area contributed by atoms with E-state index < -0.39 is 0 Å². The molecular formula is C17H20BrN. The molecule has 0 aliphatic heterocycles. The first-order chi connectivity index (χ1) is 9.06. The first-order valence-corrected chi connectivity index (χ1v) is 7.47. The van der Waals surface area contributed by atoms with Gasteiger partial charge in [-0.2, -0.15) is 0 Å². The summed E-state index contributed by atoms with van der Waals surface area (Å²) >= 11 is 3.52. The highest BCUT2D eigenvalue weighted by atomic mass is 79.9. The molecule has 0 fully saturated rings. The van der Waals surface area contributed by atoms with Crippen LogP contribution in [0.3, 0.4) is 0 Å². The van der Waals surface area contributed by atoms with Gasteiger partial charge in [0.25, 0.3) is 0 Å². The number of hydrogen-bond donors (Lipinski definition) is 1. The molecule has 0 aliphatic rings. The zero-order valence-electron chi connectivity index (χ0n) is 11.7. The van der Waals surface area contributed by atoms with E-state index in [0.717, 1.165) is 4.47 Å². The summed E-state index contributed by atoms with van der Waals surface area (Å²) in [4.78, 5) is 0. The molecule has 1 atom stereocenters. The van der Waals surface area contributed by atoms with Gasteiger partial charge in [0.2, 0.25) is 0 Å². The fourth-order valence-corrected chi connectivity index (χ4v) is 2.51. The van der Waals surface area contributed by atoms with Crippen molar-refractivity contribution in [3.05, 3.63) is 64.1 Å². The van der Waals surface area contributed by atoms with E-state index in [2.05, 4.69) is 90.5 Å². The fourth-order valence-electron chi connectivity index (χ4n) is 2.10. The Morgan fingerprint density at radius 2 is 1.58 bits per heavy atom. The van der Waals surface area contributed by atoms with Crippen LogP contribution >= 0.6 is 15.9 Å². The molecule has 1 nitrogen and oxygen atoms in total. The molecule has 0 spiro atoms. The second-order valence-corrected chi connectivity index (χ2v) is 6.12. The van der Waals surface area contributed by atoms with Crippen LogP contribution in [0.15, 0.2) is 53.0 Å². The first-order valence-electron chi connectivity index (χ1n) is 6.68. The van der Waals surface area contributed by atoms with Crippen molar-refractivity contribution in [1.82, 2.24) is 0 Å². The molecule has 0 saturated heterocycles. The van der Waals surface area contributed by atoms with Crippen LogP contribution in [0, 0.1) is 0 Å². The van der Waals surface area contributed by atoms with Gasteiger partial charge in [0, 0.05) is 16.2 Å². The van der Waals surface area contributed by atoms with Crippen LogP contribution in [0.5, 0.6) is 0 Å². The van der Waals surface area contributed by atoms with Crippen molar-refractivity contribution in [2.24, 2.45) is 0 Å². The van der Waals surface area contributed by atoms with Crippen molar-refractivity contribution in [1.29, 1.82) is 0 Å². The van der Waals surface area contributed by atoms with E-state index in [1.165, 1.54) is 16.8 Å². The lowest BCUT2D eigenvalue weighted by Gasteiger charge is -2.17. The molecule has 0 aromatic heterocycles. The van der Waals surface area contributed by atoms with Crippen LogP contribution < -0.4 is 5.32 Å². The molecule has 100 valence electrons. The molecule has 2 aromatic carbocycles. The van der Waals surface area contributed by atoms with E-state index in [1.54, 1.807) is 0 Å². The Labute approximate surface area is 124 Å². The van der Waals surface area contributed by atoms with Gasteiger partial charge in [0.1, 0.15) is 0 Å². The first kappa shape index (κ1) is 14.1. The lowest BCUT2D eigenvalue weighted by Crippen LogP contribution is -2.06. The van der Waals surface area contributed by atoms with Crippen molar-refractivity contribution in [2.45, 2.75) is 32.7 Å². The lowest BCUT2D eigenvalue weighted by atomic mass is 10.0. The molecule has 2 heteroatoms. The molecule has 2 aromatic rings. The fraction of sp³-hybridized carbons (Fsp3) is 0.294. The van der Waals surface area contributed by atoms with E-state index >= 15 is 0 Å². The van der Waals surface area contributed by atoms with Crippen molar-refractivity contribution < 1.29 is 0 Å². The maximum absolute atomic E-state index is 3.56. The van der Waals surface area contributed by atoms with Gasteiger partial charge >= 0.3 is 0 Å². The topological polar surface area (TPSA) is 12.0 Å². The summed E-state index contributed by atoms with van der Waals surface area (Å²) in [6.45, 7) is 6.62. The molecule has 0 radical (unpaired) electrons. The third kappa shape index (κ3) is 3.84. The number of rotatable bonds is 4. The molecule has 1 N–H and O–H groups in total. The van der Waals surface area contributed by atoms with Gasteiger partial charge in [-0.1, -0.05) is 54.0 Å². The van der Waals surface area contributed by atoms with Gasteiger partial charge in [-0.25, -0.2) is 0 Å². The minimum Gasteiger partial charge on any atom is -0.379 e. The largest absolute Gasteiger partial charge is 0.379 e. The third-order valence-corrected chi connectivity index (χ3v) is 3.78. The maximum atomic E-state index is 3.56. The Hall–Kier alpha value is -1.28. The Balaban J connectivity index is 2.14. The normalized spacial score (nSPS) is 12.5. The highest BCUT2D eigenvalue weighted by molar-refractivity contribution is 9.10. The molecule has 1 unspecified atom stereocenters. The van der Waals surface area contributed by atoms with Crippen molar-refractivity contribution in [3.8, 4) is 0 Å². The SMILES string of the molecule is CC(C)c1cccc(NC(C)c2cccc(Br)c2)c1. The quantitative estimate of drug-likeness (QED) is 0.757. The van der Waals surface area contributed by atoms with Gasteiger partial charge in [-0.15, -0.1) is 0 Å². The van der Waals surface area contributed by atoms with Crippen LogP contribution in [0.1, 0.15) is 43.9 Å². The molecular weight excluding hydrogens is 298 g/mol. The number of nitrogens with one attached hydrogen (secondary N) is 1. The van der Waals surface area contributed by atoms with E-state index in [4.69, 9.17) is 0 Å². The minimum absolute atomic E-state index is 0.292. The highest BCUT2D eigenvalue weighted by Gasteiger charge is 2.06. The average Bonchev–Trinajstić information content (AvgIpc) is 2.39. The Bertz CT molecular complexity index is 548. The van der Waals surface area contributed by atoms with Gasteiger partial charge in [-0.05, 0) is 48.2 Å². The van der Waals surface area contributed by atoms with Crippen molar-refractivity contribution >= 4 is 21.6 Å². The standard InChI is InChI=1S/C17H20BrN/c1-12(2)14-6-5-9-17(11-14)19-13(3)15-7-4-8-16(18)10-15/h4-13,19H,1-3H3. The van der Waals surface area contributed by atoms with Gasteiger partial charge in [-0.3, -0.25) is 0 Å². The Kier molecular flexibility index (Phi) is 4.65. The number of halogens is 1. The highest BCUT2D eigenvalue weighted by Crippen LogP contribution is 2.24. The van der Waals surface area contributed by atoms with E-state index in [0.29, 0.717) is 12.0 Å². The predicted molar refractivity (Wildman–Crippen MR) is 86.7 cm³/mol. The zero-order chi connectivity index (χ0) is 13.8. The van der Waals surface area contributed by atoms with E-state index in [9.17, 15) is 0 Å². The smallest absolute Gasteiger partial charge is 0.0486 e. The van der Waals surface area contributed by atoms with Gasteiger partial charge in [0.15, 0.2) is 0 Å². The predicted octanol–water partition coefficient (Wildman–Crippen LogP) is 5.75. The molecule has 0 amide bonds. The van der Waals surface area contributed by atoms with Gasteiger partial charge < -0.3 is 5.32 Å². The van der Waals surface area contributed by atoms with E-state index in [1.807, 2.05) is 0 Å². The zero-order valence-corrected chi connectivity index (χ0v) is 13.2. The molecule has 2 rings (SSSR count). The summed E-state index contributed by atoms with van der Waals surface area (Å²) in [5.41, 5.74) is 3.83. The molecule has 0 aliphatic carbocycles. The summed E-state index contributed by atoms with van der Waals surface area (Å²) in [6, 6.07) is 17.4. The van der Waals surface area contributed by atoms with Crippen LogP contribution in [0.2, 0.25) is 0 Å². The summed E-state index contributed by atoms with van der Waals surface area (Å²) in [7, 11) is 0. The second-order valence-electron chi connectivity index (χ2n) is 5.20. The summed E-state index contributed by atoms with van der Waals surface area (Å²) in [5.74, 6) is 0.558. The minimum atomic E-state index is 0.292. The average molecular weight is 318 g/mol. The summed E-state index contributed by atoms with van der Waals surface area (Å²) in [6.07, 6.45) is 0. The molecule has 0 heterocycles. The van der Waals surface area contributed by atoms with Crippen molar-refractivity contribution in [2.75, 3.05) is 5.32 Å². The number of benzene rings is 2. The summed E-state index contributed by atoms with van der Waals surface area (Å²) in [5, 5.41) is 3.56. The van der Waals surface area contributed by atoms with Crippen LogP contribution in [0.25, 0.3) is 0 Å². The van der Waals surface area contributed by atoms with Crippen LogP contribution in [0.4, 0.5) is 5.69 Å². The molecule has 19 heavy (non-hydrogen) atoms. The molecule has 0 saturated carbocycles. The maximum Gasteiger partial charge on any atom is 0.0486 e. The number of hydrogen-bond acceptors (Lipinski definition) is 1. The Morgan fingerprint density at radius 1 is 0.895 bits per heavy atom. The summed E-state index contributed by atoms with van der Waals surface area (Å²) < 4.78 is 1.12. The monoisotopic (exact) mass is 317 g/mol. The van der Waals surface area contributed by atoms with E-state index in [-0.39, 0.29) is 0 Å². The van der Waals surface area contributed by atoms with Gasteiger partial charge in [0.05, 0.1) is 0 Å².